The molecule has 0 saturated carbocycles. The van der Waals surface area contributed by atoms with Gasteiger partial charge in [-0.3, -0.25) is 14.6 Å². The predicted octanol–water partition coefficient (Wildman–Crippen LogP) is 1.12. The summed E-state index contributed by atoms with van der Waals surface area (Å²) in [4.78, 5) is 27.2. The van der Waals surface area contributed by atoms with Crippen molar-refractivity contribution in [3.8, 4) is 0 Å². The highest BCUT2D eigenvalue weighted by Crippen LogP contribution is 2.22. The number of carbonyl (C=O) groups excluding carboxylic acids is 2. The van der Waals surface area contributed by atoms with Gasteiger partial charge in [-0.1, -0.05) is 19.9 Å². The van der Waals surface area contributed by atoms with Gasteiger partial charge in [0.2, 0.25) is 11.8 Å². The van der Waals surface area contributed by atoms with E-state index in [-0.39, 0.29) is 61.7 Å². The Labute approximate surface area is 143 Å². The van der Waals surface area contributed by atoms with Gasteiger partial charge in [-0.25, -0.2) is 0 Å². The Morgan fingerprint density at radius 3 is 2.41 bits per heavy atom. The first kappa shape index (κ1) is 22.9. The van der Waals surface area contributed by atoms with Gasteiger partial charge in [0.1, 0.15) is 0 Å². The van der Waals surface area contributed by atoms with Crippen molar-refractivity contribution in [3.05, 3.63) is 29.6 Å². The van der Waals surface area contributed by atoms with Gasteiger partial charge in [-0.2, -0.15) is 0 Å². The lowest BCUT2D eigenvalue weighted by atomic mass is 9.97. The molecule has 0 aliphatic rings. The van der Waals surface area contributed by atoms with E-state index in [2.05, 4.69) is 15.6 Å². The molecule has 0 aliphatic carbocycles. The summed E-state index contributed by atoms with van der Waals surface area (Å²) in [6.07, 6.45) is 1.71. The molecule has 2 amide bonds. The molecule has 6 nitrogen and oxygen atoms in total. The average Bonchev–Trinajstić information content (AvgIpc) is 2.42. The molecule has 4 N–H and O–H groups in total. The summed E-state index contributed by atoms with van der Waals surface area (Å²) in [6.45, 7) is 5.78. The van der Waals surface area contributed by atoms with Gasteiger partial charge >= 0.3 is 0 Å². The second-order valence-electron chi connectivity index (χ2n) is 4.98. The molecule has 126 valence electrons. The maximum atomic E-state index is 11.9. The summed E-state index contributed by atoms with van der Waals surface area (Å²) in [5, 5.41) is 5.34. The van der Waals surface area contributed by atoms with Crippen LogP contribution in [0.1, 0.15) is 31.1 Å². The van der Waals surface area contributed by atoms with Crippen molar-refractivity contribution >= 4 is 36.6 Å². The molecule has 22 heavy (non-hydrogen) atoms. The van der Waals surface area contributed by atoms with Crippen LogP contribution in [0.15, 0.2) is 18.3 Å². The molecule has 1 aromatic rings. The monoisotopic (exact) mass is 350 g/mol. The number of carbonyl (C=O) groups is 2. The van der Waals surface area contributed by atoms with Crippen molar-refractivity contribution < 1.29 is 9.59 Å². The van der Waals surface area contributed by atoms with E-state index in [1.165, 1.54) is 0 Å². The number of aryl methyl sites for hydroxylation is 1. The van der Waals surface area contributed by atoms with E-state index in [1.807, 2.05) is 32.9 Å². The quantitative estimate of drug-likeness (QED) is 0.716. The van der Waals surface area contributed by atoms with Crippen molar-refractivity contribution in [2.45, 2.75) is 26.8 Å². The third-order valence-electron chi connectivity index (χ3n) is 2.96. The zero-order valence-electron chi connectivity index (χ0n) is 13.0. The van der Waals surface area contributed by atoms with Crippen molar-refractivity contribution in [1.29, 1.82) is 0 Å². The summed E-state index contributed by atoms with van der Waals surface area (Å²) in [6, 6.07) is 3.64. The maximum Gasteiger partial charge on any atom is 0.239 e. The van der Waals surface area contributed by atoms with Gasteiger partial charge in [-0.15, -0.1) is 24.8 Å². The van der Waals surface area contributed by atoms with Crippen LogP contribution in [0.5, 0.6) is 0 Å². The second-order valence-corrected chi connectivity index (χ2v) is 4.98. The fraction of sp³-hybridized carbons (Fsp3) is 0.500. The molecule has 0 spiro atoms. The molecule has 8 heteroatoms. The van der Waals surface area contributed by atoms with Gasteiger partial charge in [0, 0.05) is 6.20 Å². The van der Waals surface area contributed by atoms with Crippen LogP contribution in [-0.4, -0.2) is 29.9 Å². The van der Waals surface area contributed by atoms with Crippen LogP contribution < -0.4 is 16.4 Å². The zero-order chi connectivity index (χ0) is 15.1. The molecular formula is C14H24Cl2N4O2. The van der Waals surface area contributed by atoms with E-state index in [4.69, 9.17) is 5.73 Å². The van der Waals surface area contributed by atoms with Gasteiger partial charge < -0.3 is 16.4 Å². The molecule has 0 saturated heterocycles. The first-order valence-corrected chi connectivity index (χ1v) is 6.63. The highest BCUT2D eigenvalue weighted by atomic mass is 35.5. The lowest BCUT2D eigenvalue weighted by Gasteiger charge is -2.23. The molecular weight excluding hydrogens is 327 g/mol. The average molecular weight is 351 g/mol. The molecule has 0 bridgehead atoms. The van der Waals surface area contributed by atoms with Crippen molar-refractivity contribution in [3.63, 3.8) is 0 Å². The fourth-order valence-electron chi connectivity index (χ4n) is 1.85. The van der Waals surface area contributed by atoms with Gasteiger partial charge in [0.25, 0.3) is 0 Å². The Morgan fingerprint density at radius 2 is 1.91 bits per heavy atom. The SMILES string of the molecule is Cc1cccnc1C(NC(=O)CNC(=O)CN)C(C)C.Cl.Cl. The minimum atomic E-state index is -0.352. The molecule has 1 atom stereocenters. The number of nitrogens with two attached hydrogens (primary N) is 1. The minimum Gasteiger partial charge on any atom is -0.346 e. The Morgan fingerprint density at radius 1 is 1.27 bits per heavy atom. The van der Waals surface area contributed by atoms with Crippen LogP contribution in [0.4, 0.5) is 0 Å². The highest BCUT2D eigenvalue weighted by Gasteiger charge is 2.21. The van der Waals surface area contributed by atoms with Crippen molar-refractivity contribution in [2.75, 3.05) is 13.1 Å². The number of nitrogens with zero attached hydrogens (tertiary/aromatic N) is 1. The maximum absolute atomic E-state index is 11.9. The van der Waals surface area contributed by atoms with Gasteiger partial charge in [-0.05, 0) is 24.5 Å². The third-order valence-corrected chi connectivity index (χ3v) is 2.96. The van der Waals surface area contributed by atoms with E-state index in [0.29, 0.717) is 0 Å². The molecule has 0 aromatic carbocycles. The molecule has 1 aromatic heterocycles. The van der Waals surface area contributed by atoms with Crippen LogP contribution in [-0.2, 0) is 9.59 Å². The topological polar surface area (TPSA) is 97.1 Å². The van der Waals surface area contributed by atoms with Crippen LogP contribution >= 0.6 is 24.8 Å². The van der Waals surface area contributed by atoms with Crippen LogP contribution in [0.3, 0.4) is 0 Å². The summed E-state index contributed by atoms with van der Waals surface area (Å²) in [5.74, 6) is -0.413. The van der Waals surface area contributed by atoms with Crippen LogP contribution in [0.25, 0.3) is 0 Å². The third kappa shape index (κ3) is 7.06. The number of hydrogen-bond acceptors (Lipinski definition) is 4. The molecule has 1 unspecified atom stereocenters. The smallest absolute Gasteiger partial charge is 0.239 e. The molecule has 1 heterocycles. The molecule has 0 radical (unpaired) electrons. The lowest BCUT2D eigenvalue weighted by Crippen LogP contribution is -2.42. The van der Waals surface area contributed by atoms with Gasteiger partial charge in [0.05, 0.1) is 24.8 Å². The molecule has 1 rings (SSSR count). The first-order chi connectivity index (χ1) is 9.45. The number of amides is 2. The van der Waals surface area contributed by atoms with Gasteiger partial charge in [0.15, 0.2) is 0 Å². The van der Waals surface area contributed by atoms with E-state index in [9.17, 15) is 9.59 Å². The summed E-state index contributed by atoms with van der Waals surface area (Å²) in [5.41, 5.74) is 7.04. The van der Waals surface area contributed by atoms with E-state index in [1.54, 1.807) is 6.20 Å². The number of aromatic nitrogens is 1. The van der Waals surface area contributed by atoms with E-state index >= 15 is 0 Å². The number of nitrogens with one attached hydrogen (secondary N) is 2. The number of hydrogen-bond donors (Lipinski definition) is 3. The molecule has 0 fully saturated rings. The standard InChI is InChI=1S/C14H22N4O2.2ClH/c1-9(2)13(14-10(3)5-4-6-16-14)18-12(20)8-17-11(19)7-15;;/h4-6,9,13H,7-8,15H2,1-3H3,(H,17,19)(H,18,20);2*1H. The Bertz CT molecular complexity index is 484. The van der Waals surface area contributed by atoms with E-state index < -0.39 is 0 Å². The van der Waals surface area contributed by atoms with Crippen molar-refractivity contribution in [2.24, 2.45) is 11.7 Å². The number of pyridine rings is 1. The number of halogens is 2. The zero-order valence-corrected chi connectivity index (χ0v) is 14.6. The van der Waals surface area contributed by atoms with Crippen LogP contribution in [0.2, 0.25) is 0 Å². The summed E-state index contributed by atoms with van der Waals surface area (Å²) < 4.78 is 0. The molecule has 0 aliphatic heterocycles. The summed E-state index contributed by atoms with van der Waals surface area (Å²) in [7, 11) is 0. The highest BCUT2D eigenvalue weighted by molar-refractivity contribution is 5.86. The normalized spacial score (nSPS) is 11.0. The minimum absolute atomic E-state index is 0. The number of rotatable bonds is 6. The predicted molar refractivity (Wildman–Crippen MR) is 91.3 cm³/mol. The second kappa shape index (κ2) is 11.2. The Balaban J connectivity index is 0. The lowest BCUT2D eigenvalue weighted by molar-refractivity contribution is -0.126. The summed E-state index contributed by atoms with van der Waals surface area (Å²) >= 11 is 0. The fourth-order valence-corrected chi connectivity index (χ4v) is 1.85. The first-order valence-electron chi connectivity index (χ1n) is 6.63. The van der Waals surface area contributed by atoms with Crippen LogP contribution in [0, 0.1) is 12.8 Å². The Kier molecular flexibility index (Phi) is 11.7. The largest absolute Gasteiger partial charge is 0.346 e. The van der Waals surface area contributed by atoms with Crippen molar-refractivity contribution in [1.82, 2.24) is 15.6 Å². The van der Waals surface area contributed by atoms with E-state index in [0.717, 1.165) is 11.3 Å². The Hall–Kier alpha value is -1.37.